The first-order valence-corrected chi connectivity index (χ1v) is 7.61. The number of amides is 1. The van der Waals surface area contributed by atoms with Gasteiger partial charge in [-0.15, -0.1) is 0 Å². The molecule has 0 unspecified atom stereocenters. The van der Waals surface area contributed by atoms with E-state index in [-0.39, 0.29) is 5.91 Å². The summed E-state index contributed by atoms with van der Waals surface area (Å²) >= 11 is 0. The van der Waals surface area contributed by atoms with Gasteiger partial charge >= 0.3 is 0 Å². The topological polar surface area (TPSA) is 67.6 Å². The molecule has 0 aliphatic rings. The molecule has 6 heteroatoms. The van der Waals surface area contributed by atoms with Gasteiger partial charge in [0.2, 0.25) is 11.8 Å². The SMILES string of the molecule is COc1ccc(CCCN(C)CC(=O)Nc2cc(C)no2)cc1. The lowest BCUT2D eigenvalue weighted by molar-refractivity contribution is -0.117. The summed E-state index contributed by atoms with van der Waals surface area (Å²) in [6.45, 7) is 2.97. The van der Waals surface area contributed by atoms with Crippen molar-refractivity contribution in [2.45, 2.75) is 19.8 Å². The molecular weight excluding hydrogens is 294 g/mol. The first-order valence-electron chi connectivity index (χ1n) is 7.61. The highest BCUT2D eigenvalue weighted by atomic mass is 16.5. The highest BCUT2D eigenvalue weighted by Gasteiger charge is 2.09. The Kier molecular flexibility index (Phi) is 6.17. The second-order valence-corrected chi connectivity index (χ2v) is 5.57. The Balaban J connectivity index is 1.67. The number of nitrogens with zero attached hydrogens (tertiary/aromatic N) is 2. The van der Waals surface area contributed by atoms with Gasteiger partial charge in [0.25, 0.3) is 0 Å². The van der Waals surface area contributed by atoms with E-state index in [1.807, 2.05) is 31.0 Å². The number of rotatable bonds is 8. The molecule has 2 aromatic rings. The minimum Gasteiger partial charge on any atom is -0.497 e. The summed E-state index contributed by atoms with van der Waals surface area (Å²) in [5.41, 5.74) is 2.01. The van der Waals surface area contributed by atoms with E-state index in [9.17, 15) is 4.79 Å². The van der Waals surface area contributed by atoms with E-state index >= 15 is 0 Å². The van der Waals surface area contributed by atoms with Gasteiger partial charge in [0.1, 0.15) is 5.75 Å². The van der Waals surface area contributed by atoms with Crippen molar-refractivity contribution in [1.29, 1.82) is 0 Å². The molecule has 1 N–H and O–H groups in total. The quantitative estimate of drug-likeness (QED) is 0.810. The lowest BCUT2D eigenvalue weighted by atomic mass is 10.1. The minimum atomic E-state index is -0.104. The number of nitrogens with one attached hydrogen (secondary N) is 1. The summed E-state index contributed by atoms with van der Waals surface area (Å²) < 4.78 is 10.1. The lowest BCUT2D eigenvalue weighted by Gasteiger charge is -2.15. The first kappa shape index (κ1) is 17.0. The maximum atomic E-state index is 11.9. The van der Waals surface area contributed by atoms with Gasteiger partial charge in [0, 0.05) is 6.07 Å². The van der Waals surface area contributed by atoms with E-state index in [0.29, 0.717) is 12.4 Å². The van der Waals surface area contributed by atoms with E-state index in [2.05, 4.69) is 22.6 Å². The van der Waals surface area contributed by atoms with Crippen LogP contribution in [0.15, 0.2) is 34.9 Å². The number of carbonyl (C=O) groups excluding carboxylic acids is 1. The minimum absolute atomic E-state index is 0.104. The highest BCUT2D eigenvalue weighted by molar-refractivity contribution is 5.90. The number of anilines is 1. The fraction of sp³-hybridized carbons (Fsp3) is 0.412. The standard InChI is InChI=1S/C17H23N3O3/c1-13-11-17(23-19-13)18-16(21)12-20(2)10-4-5-14-6-8-15(22-3)9-7-14/h6-9,11H,4-5,10,12H2,1-3H3,(H,18,21). The molecule has 0 spiro atoms. The summed E-state index contributed by atoms with van der Waals surface area (Å²) in [6, 6.07) is 9.76. The van der Waals surface area contributed by atoms with Gasteiger partial charge in [-0.3, -0.25) is 15.0 Å². The molecule has 2 rings (SSSR count). The summed E-state index contributed by atoms with van der Waals surface area (Å²) in [7, 11) is 3.59. The molecule has 0 aliphatic carbocycles. The number of aryl methyl sites for hydroxylation is 2. The molecule has 0 radical (unpaired) electrons. The average Bonchev–Trinajstić information content (AvgIpc) is 2.92. The molecule has 1 amide bonds. The zero-order valence-electron chi connectivity index (χ0n) is 13.8. The highest BCUT2D eigenvalue weighted by Crippen LogP contribution is 2.12. The van der Waals surface area contributed by atoms with Gasteiger partial charge in [0.15, 0.2) is 0 Å². The molecule has 0 bridgehead atoms. The van der Waals surface area contributed by atoms with Gasteiger partial charge < -0.3 is 9.26 Å². The molecule has 23 heavy (non-hydrogen) atoms. The Morgan fingerprint density at radius 1 is 1.35 bits per heavy atom. The number of benzene rings is 1. The van der Waals surface area contributed by atoms with Crippen LogP contribution >= 0.6 is 0 Å². The van der Waals surface area contributed by atoms with Crippen LogP contribution in [0.3, 0.4) is 0 Å². The number of carbonyl (C=O) groups is 1. The van der Waals surface area contributed by atoms with Crippen molar-refractivity contribution in [3.05, 3.63) is 41.6 Å². The third-order valence-electron chi connectivity index (χ3n) is 3.47. The van der Waals surface area contributed by atoms with Crippen molar-refractivity contribution < 1.29 is 14.1 Å². The third-order valence-corrected chi connectivity index (χ3v) is 3.47. The van der Waals surface area contributed by atoms with E-state index in [0.717, 1.165) is 30.8 Å². The number of hydrogen-bond acceptors (Lipinski definition) is 5. The summed E-state index contributed by atoms with van der Waals surface area (Å²) in [5, 5.41) is 6.42. The fourth-order valence-electron chi connectivity index (χ4n) is 2.27. The lowest BCUT2D eigenvalue weighted by Crippen LogP contribution is -2.31. The first-order chi connectivity index (χ1) is 11.1. The Labute approximate surface area is 136 Å². The molecule has 1 aromatic carbocycles. The fourth-order valence-corrected chi connectivity index (χ4v) is 2.27. The molecule has 6 nitrogen and oxygen atoms in total. The Morgan fingerprint density at radius 2 is 2.09 bits per heavy atom. The van der Waals surface area contributed by atoms with Crippen LogP contribution in [-0.4, -0.2) is 43.2 Å². The van der Waals surface area contributed by atoms with Crippen LogP contribution < -0.4 is 10.1 Å². The van der Waals surface area contributed by atoms with Crippen LogP contribution in [0.1, 0.15) is 17.7 Å². The second kappa shape index (κ2) is 8.33. The zero-order chi connectivity index (χ0) is 16.7. The predicted molar refractivity (Wildman–Crippen MR) is 88.7 cm³/mol. The third kappa shape index (κ3) is 5.75. The largest absolute Gasteiger partial charge is 0.497 e. The summed E-state index contributed by atoms with van der Waals surface area (Å²) in [5.74, 6) is 1.15. The Hall–Kier alpha value is -2.34. The normalized spacial score (nSPS) is 10.8. The number of methoxy groups -OCH3 is 1. The zero-order valence-corrected chi connectivity index (χ0v) is 13.8. The summed E-state index contributed by atoms with van der Waals surface area (Å²) in [4.78, 5) is 13.9. The van der Waals surface area contributed by atoms with Crippen molar-refractivity contribution in [3.8, 4) is 5.75 Å². The molecule has 0 saturated heterocycles. The van der Waals surface area contributed by atoms with Gasteiger partial charge in [-0.05, 0) is 51.1 Å². The molecule has 124 valence electrons. The van der Waals surface area contributed by atoms with Crippen LogP contribution in [0.5, 0.6) is 5.75 Å². The van der Waals surface area contributed by atoms with Crippen molar-refractivity contribution in [2.24, 2.45) is 0 Å². The van der Waals surface area contributed by atoms with Gasteiger partial charge in [-0.2, -0.15) is 0 Å². The van der Waals surface area contributed by atoms with E-state index in [1.54, 1.807) is 13.2 Å². The van der Waals surface area contributed by atoms with Crippen LogP contribution in [0, 0.1) is 6.92 Å². The monoisotopic (exact) mass is 317 g/mol. The Bertz CT molecular complexity index is 622. The number of likely N-dealkylation sites (N-methyl/N-ethyl adjacent to an activating group) is 1. The van der Waals surface area contributed by atoms with Crippen LogP contribution in [-0.2, 0) is 11.2 Å². The Morgan fingerprint density at radius 3 is 2.70 bits per heavy atom. The van der Waals surface area contributed by atoms with Crippen molar-refractivity contribution in [1.82, 2.24) is 10.1 Å². The molecule has 1 aromatic heterocycles. The van der Waals surface area contributed by atoms with E-state index in [1.165, 1.54) is 5.56 Å². The number of ether oxygens (including phenoxy) is 1. The average molecular weight is 317 g/mol. The van der Waals surface area contributed by atoms with E-state index < -0.39 is 0 Å². The van der Waals surface area contributed by atoms with Crippen molar-refractivity contribution in [2.75, 3.05) is 32.6 Å². The summed E-state index contributed by atoms with van der Waals surface area (Å²) in [6.07, 6.45) is 1.95. The van der Waals surface area contributed by atoms with Gasteiger partial charge in [0.05, 0.1) is 19.3 Å². The molecular formula is C17H23N3O3. The second-order valence-electron chi connectivity index (χ2n) is 5.57. The molecule has 1 heterocycles. The molecule has 0 fully saturated rings. The van der Waals surface area contributed by atoms with E-state index in [4.69, 9.17) is 9.26 Å². The smallest absolute Gasteiger partial charge is 0.240 e. The maximum absolute atomic E-state index is 11.9. The molecule has 0 aliphatic heterocycles. The molecule has 0 atom stereocenters. The van der Waals surface area contributed by atoms with Gasteiger partial charge in [-0.25, -0.2) is 0 Å². The number of hydrogen-bond donors (Lipinski definition) is 1. The van der Waals surface area contributed by atoms with Gasteiger partial charge in [-0.1, -0.05) is 17.3 Å². The van der Waals surface area contributed by atoms with Crippen LogP contribution in [0.2, 0.25) is 0 Å². The van der Waals surface area contributed by atoms with Crippen LogP contribution in [0.25, 0.3) is 0 Å². The van der Waals surface area contributed by atoms with Crippen LogP contribution in [0.4, 0.5) is 5.88 Å². The predicted octanol–water partition coefficient (Wildman–Crippen LogP) is 2.49. The maximum Gasteiger partial charge on any atom is 0.240 e. The number of aromatic nitrogens is 1. The van der Waals surface area contributed by atoms with Crippen molar-refractivity contribution in [3.63, 3.8) is 0 Å². The molecule has 0 saturated carbocycles. The van der Waals surface area contributed by atoms with Crippen molar-refractivity contribution >= 4 is 11.8 Å².